The van der Waals surface area contributed by atoms with Gasteiger partial charge in [-0.3, -0.25) is 4.79 Å². The summed E-state index contributed by atoms with van der Waals surface area (Å²) in [6, 6.07) is 15.2. The van der Waals surface area contributed by atoms with Crippen molar-refractivity contribution in [3.63, 3.8) is 0 Å². The van der Waals surface area contributed by atoms with E-state index in [0.29, 0.717) is 25.4 Å². The molecule has 6 nitrogen and oxygen atoms in total. The monoisotopic (exact) mass is 382 g/mol. The summed E-state index contributed by atoms with van der Waals surface area (Å²) in [5.41, 5.74) is 1.94. The van der Waals surface area contributed by atoms with Crippen LogP contribution in [0.2, 0.25) is 0 Å². The normalized spacial score (nSPS) is 16.9. The highest BCUT2D eigenvalue weighted by atomic mass is 19.1. The summed E-state index contributed by atoms with van der Waals surface area (Å²) in [4.78, 5) is 29.3. The lowest BCUT2D eigenvalue weighted by Gasteiger charge is -2.33. The fourth-order valence-corrected chi connectivity index (χ4v) is 3.23. The zero-order chi connectivity index (χ0) is 19.5. The van der Waals surface area contributed by atoms with Crippen molar-refractivity contribution < 1.29 is 23.5 Å². The number of rotatable bonds is 4. The number of ether oxygens (including phenoxy) is 2. The summed E-state index contributed by atoms with van der Waals surface area (Å²) in [5.74, 6) is -1.19. The molecule has 2 aromatic carbocycles. The van der Waals surface area contributed by atoms with E-state index >= 15 is 0 Å². The second-order valence-corrected chi connectivity index (χ2v) is 6.60. The quantitative estimate of drug-likeness (QED) is 0.704. The molecule has 1 aliphatic heterocycles. The van der Waals surface area contributed by atoms with E-state index < -0.39 is 5.97 Å². The molecule has 0 unspecified atom stereocenters. The topological polar surface area (TPSA) is 71.6 Å². The van der Waals surface area contributed by atoms with Crippen LogP contribution in [-0.2, 0) is 14.3 Å². The lowest BCUT2D eigenvalue weighted by atomic mass is 10.1. The molecule has 1 aliphatic rings. The number of aromatic amines is 1. The van der Waals surface area contributed by atoms with E-state index in [4.69, 9.17) is 9.47 Å². The van der Waals surface area contributed by atoms with Gasteiger partial charge in [-0.1, -0.05) is 30.3 Å². The van der Waals surface area contributed by atoms with E-state index in [1.807, 2.05) is 24.3 Å². The van der Waals surface area contributed by atoms with Crippen LogP contribution in [0.15, 0.2) is 54.6 Å². The molecule has 28 heavy (non-hydrogen) atoms. The maximum absolute atomic E-state index is 13.1. The molecule has 1 atom stereocenters. The summed E-state index contributed by atoms with van der Waals surface area (Å²) in [7, 11) is 0. The highest BCUT2D eigenvalue weighted by Crippen LogP contribution is 2.22. The van der Waals surface area contributed by atoms with Crippen LogP contribution in [0, 0.1) is 5.82 Å². The molecular formula is C21H19FN2O4. The van der Waals surface area contributed by atoms with Gasteiger partial charge in [0.05, 0.1) is 13.2 Å². The second kappa shape index (κ2) is 7.82. The van der Waals surface area contributed by atoms with Crippen LogP contribution in [0.25, 0.3) is 10.9 Å². The lowest BCUT2D eigenvalue weighted by molar-refractivity contribution is -0.142. The number of H-pyrrole nitrogens is 1. The predicted octanol–water partition coefficient (Wildman–Crippen LogP) is 3.06. The zero-order valence-corrected chi connectivity index (χ0v) is 15.1. The number of halogens is 1. The Balaban J connectivity index is 1.35. The number of esters is 1. The predicted molar refractivity (Wildman–Crippen MR) is 100 cm³/mol. The molecule has 144 valence electrons. The first kappa shape index (κ1) is 18.2. The Hall–Kier alpha value is -3.19. The number of nitrogens with one attached hydrogen (secondary N) is 1. The SMILES string of the molecule is O=C(OCC(=O)N1CCO[C@H](c2ccc(F)cc2)C1)c1cc2ccccc2[nH]1. The average Bonchev–Trinajstić information content (AvgIpc) is 3.17. The van der Waals surface area contributed by atoms with E-state index in [1.165, 1.54) is 12.1 Å². The first-order valence-electron chi connectivity index (χ1n) is 9.00. The maximum atomic E-state index is 13.1. The van der Waals surface area contributed by atoms with Gasteiger partial charge in [0.2, 0.25) is 0 Å². The molecule has 3 aromatic rings. The fourth-order valence-electron chi connectivity index (χ4n) is 3.23. The largest absolute Gasteiger partial charge is 0.451 e. The van der Waals surface area contributed by atoms with Crippen LogP contribution in [0.5, 0.6) is 0 Å². The molecule has 0 bridgehead atoms. The minimum atomic E-state index is -0.576. The number of benzene rings is 2. The fraction of sp³-hybridized carbons (Fsp3) is 0.238. The van der Waals surface area contributed by atoms with Gasteiger partial charge >= 0.3 is 5.97 Å². The number of carbonyl (C=O) groups is 2. The Morgan fingerprint density at radius 1 is 1.18 bits per heavy atom. The van der Waals surface area contributed by atoms with E-state index in [0.717, 1.165) is 16.5 Å². The minimum absolute atomic E-state index is 0.292. The number of amides is 1. The summed E-state index contributed by atoms with van der Waals surface area (Å²) in [6.07, 6.45) is -0.331. The summed E-state index contributed by atoms with van der Waals surface area (Å²) in [5, 5.41) is 0.899. The van der Waals surface area contributed by atoms with Crippen molar-refractivity contribution in [1.82, 2.24) is 9.88 Å². The molecule has 0 aliphatic carbocycles. The van der Waals surface area contributed by atoms with Crippen molar-refractivity contribution in [2.45, 2.75) is 6.10 Å². The minimum Gasteiger partial charge on any atom is -0.451 e. The number of morpholine rings is 1. The third-order valence-electron chi connectivity index (χ3n) is 4.74. The molecule has 0 spiro atoms. The molecule has 7 heteroatoms. The molecule has 1 fully saturated rings. The Bertz CT molecular complexity index is 966. The average molecular weight is 382 g/mol. The van der Waals surface area contributed by atoms with Crippen LogP contribution >= 0.6 is 0 Å². The van der Waals surface area contributed by atoms with Crippen molar-refractivity contribution in [2.75, 3.05) is 26.3 Å². The molecule has 4 rings (SSSR count). The molecule has 0 radical (unpaired) electrons. The highest BCUT2D eigenvalue weighted by Gasteiger charge is 2.26. The van der Waals surface area contributed by atoms with E-state index in [2.05, 4.69) is 4.98 Å². The van der Waals surface area contributed by atoms with Crippen LogP contribution in [0.4, 0.5) is 4.39 Å². The third kappa shape index (κ3) is 3.89. The number of hydrogen-bond donors (Lipinski definition) is 1. The Labute approximate surface area is 160 Å². The van der Waals surface area contributed by atoms with Crippen molar-refractivity contribution in [1.29, 1.82) is 0 Å². The lowest BCUT2D eigenvalue weighted by Crippen LogP contribution is -2.44. The zero-order valence-electron chi connectivity index (χ0n) is 15.1. The summed E-state index contributed by atoms with van der Waals surface area (Å²) >= 11 is 0. The van der Waals surface area contributed by atoms with Gasteiger partial charge in [-0.25, -0.2) is 9.18 Å². The van der Waals surface area contributed by atoms with Crippen LogP contribution < -0.4 is 0 Å². The number of fused-ring (bicyclic) bond motifs is 1. The Kier molecular flexibility index (Phi) is 5.08. The van der Waals surface area contributed by atoms with Gasteiger partial charge in [-0.2, -0.15) is 0 Å². The van der Waals surface area contributed by atoms with Crippen LogP contribution in [0.3, 0.4) is 0 Å². The van der Waals surface area contributed by atoms with Gasteiger partial charge in [-0.05, 0) is 29.8 Å². The maximum Gasteiger partial charge on any atom is 0.355 e. The van der Waals surface area contributed by atoms with Gasteiger partial charge in [0.25, 0.3) is 5.91 Å². The van der Waals surface area contributed by atoms with Crippen molar-refractivity contribution in [2.24, 2.45) is 0 Å². The molecule has 1 saturated heterocycles. The molecule has 0 saturated carbocycles. The standard InChI is InChI=1S/C21H19FN2O4/c22-16-7-5-14(6-8-16)19-12-24(9-10-27-19)20(25)13-28-21(26)18-11-15-3-1-2-4-17(15)23-18/h1-8,11,19,23H,9-10,12-13H2/t19-/m0/s1. The number of carbonyl (C=O) groups excluding carboxylic acids is 2. The van der Waals surface area contributed by atoms with Gasteiger partial charge < -0.3 is 19.4 Å². The molecule has 1 N–H and O–H groups in total. The number of nitrogens with zero attached hydrogens (tertiary/aromatic N) is 1. The number of hydrogen-bond acceptors (Lipinski definition) is 4. The van der Waals surface area contributed by atoms with Crippen molar-refractivity contribution in [3.8, 4) is 0 Å². The third-order valence-corrected chi connectivity index (χ3v) is 4.74. The molecule has 1 aromatic heterocycles. The second-order valence-electron chi connectivity index (χ2n) is 6.60. The molecule has 1 amide bonds. The highest BCUT2D eigenvalue weighted by molar-refractivity contribution is 5.95. The van der Waals surface area contributed by atoms with Gasteiger partial charge in [0, 0.05) is 17.4 Å². The van der Waals surface area contributed by atoms with Crippen molar-refractivity contribution >= 4 is 22.8 Å². The van der Waals surface area contributed by atoms with Crippen LogP contribution in [-0.4, -0.2) is 48.1 Å². The first-order chi connectivity index (χ1) is 13.6. The molecule has 2 heterocycles. The molecular weight excluding hydrogens is 363 g/mol. The summed E-state index contributed by atoms with van der Waals surface area (Å²) < 4.78 is 23.9. The van der Waals surface area contributed by atoms with Crippen molar-refractivity contribution in [3.05, 3.63) is 71.7 Å². The van der Waals surface area contributed by atoms with E-state index in [1.54, 1.807) is 23.1 Å². The van der Waals surface area contributed by atoms with E-state index in [9.17, 15) is 14.0 Å². The number of para-hydroxylation sites is 1. The Morgan fingerprint density at radius 2 is 1.96 bits per heavy atom. The Morgan fingerprint density at radius 3 is 2.75 bits per heavy atom. The van der Waals surface area contributed by atoms with Crippen LogP contribution in [0.1, 0.15) is 22.2 Å². The number of aromatic nitrogens is 1. The van der Waals surface area contributed by atoms with Gasteiger partial charge in [0.15, 0.2) is 6.61 Å². The first-order valence-corrected chi connectivity index (χ1v) is 9.00. The summed E-state index contributed by atoms with van der Waals surface area (Å²) in [6.45, 7) is 0.767. The van der Waals surface area contributed by atoms with Gasteiger partial charge in [0.1, 0.15) is 17.6 Å². The smallest absolute Gasteiger partial charge is 0.355 e. The van der Waals surface area contributed by atoms with Gasteiger partial charge in [-0.15, -0.1) is 0 Å². The van der Waals surface area contributed by atoms with E-state index in [-0.39, 0.29) is 24.4 Å².